The Labute approximate surface area is 203 Å². The van der Waals surface area contributed by atoms with Crippen molar-refractivity contribution in [3.05, 3.63) is 63.3 Å². The van der Waals surface area contributed by atoms with Crippen molar-refractivity contribution in [2.24, 2.45) is 0 Å². The lowest BCUT2D eigenvalue weighted by molar-refractivity contribution is 0.0787. The summed E-state index contributed by atoms with van der Waals surface area (Å²) in [5, 5.41) is 7.87. The van der Waals surface area contributed by atoms with Crippen LogP contribution in [-0.2, 0) is 12.8 Å². The van der Waals surface area contributed by atoms with E-state index in [-0.39, 0.29) is 5.91 Å². The summed E-state index contributed by atoms with van der Waals surface area (Å²) in [6.45, 7) is 1.72. The van der Waals surface area contributed by atoms with Crippen LogP contribution in [0.25, 0.3) is 16.9 Å². The number of anilines is 1. The minimum Gasteiger partial charge on any atom is -0.399 e. The van der Waals surface area contributed by atoms with Gasteiger partial charge in [0.25, 0.3) is 5.91 Å². The molecule has 0 atom stereocenters. The number of nitrogen functional groups attached to an aromatic ring is 1. The Hall–Kier alpha value is -2.54. The molecule has 2 aliphatic rings. The number of halogens is 2. The van der Waals surface area contributed by atoms with Crippen molar-refractivity contribution in [1.82, 2.24) is 20.2 Å². The van der Waals surface area contributed by atoms with E-state index in [2.05, 4.69) is 11.5 Å². The van der Waals surface area contributed by atoms with Gasteiger partial charge < -0.3 is 5.73 Å². The molecule has 33 heavy (non-hydrogen) atoms. The molecule has 3 N–H and O–H groups in total. The lowest BCUT2D eigenvalue weighted by Gasteiger charge is -2.20. The fourth-order valence-corrected chi connectivity index (χ4v) is 5.33. The van der Waals surface area contributed by atoms with E-state index in [9.17, 15) is 4.79 Å². The number of carbonyl (C=O) groups excluding carboxylic acids is 1. The van der Waals surface area contributed by atoms with E-state index in [1.807, 2.05) is 23.2 Å². The molecule has 6 nitrogen and oxygen atoms in total. The first-order valence-electron chi connectivity index (χ1n) is 11.5. The van der Waals surface area contributed by atoms with Gasteiger partial charge in [-0.1, -0.05) is 42.1 Å². The van der Waals surface area contributed by atoms with Gasteiger partial charge in [0.1, 0.15) is 0 Å². The number of hydrogen-bond acceptors (Lipinski definition) is 4. The summed E-state index contributed by atoms with van der Waals surface area (Å²) in [4.78, 5) is 13.5. The minimum atomic E-state index is -0.177. The van der Waals surface area contributed by atoms with E-state index >= 15 is 0 Å². The van der Waals surface area contributed by atoms with E-state index in [0.717, 1.165) is 62.0 Å². The SMILES string of the molecule is Nc1ccc2c(c1)-c1c(c(C(=O)NN3CCCCCC3)nn1-c1ccc(Cl)cc1Cl)CCC2. The molecule has 0 radical (unpaired) electrons. The van der Waals surface area contributed by atoms with E-state index < -0.39 is 0 Å². The Morgan fingerprint density at radius 3 is 2.52 bits per heavy atom. The number of nitrogens with zero attached hydrogens (tertiary/aromatic N) is 3. The maximum atomic E-state index is 13.5. The minimum absolute atomic E-state index is 0.177. The number of hydrazine groups is 1. The zero-order valence-corrected chi connectivity index (χ0v) is 19.9. The number of nitrogens with one attached hydrogen (secondary N) is 1. The van der Waals surface area contributed by atoms with Crippen molar-refractivity contribution in [3.8, 4) is 16.9 Å². The van der Waals surface area contributed by atoms with Crippen molar-refractivity contribution in [3.63, 3.8) is 0 Å². The second kappa shape index (κ2) is 9.37. The Morgan fingerprint density at radius 2 is 1.76 bits per heavy atom. The quantitative estimate of drug-likeness (QED) is 0.486. The number of aryl methyl sites for hydroxylation is 1. The fraction of sp³-hybridized carbons (Fsp3) is 0.360. The van der Waals surface area contributed by atoms with Crippen LogP contribution in [0, 0.1) is 0 Å². The van der Waals surface area contributed by atoms with Gasteiger partial charge in [0.15, 0.2) is 5.69 Å². The van der Waals surface area contributed by atoms with E-state index in [0.29, 0.717) is 27.1 Å². The van der Waals surface area contributed by atoms with Crippen LogP contribution in [0.4, 0.5) is 5.69 Å². The molecule has 2 aromatic carbocycles. The highest BCUT2D eigenvalue weighted by Crippen LogP contribution is 2.38. The van der Waals surface area contributed by atoms with Crippen molar-refractivity contribution < 1.29 is 4.79 Å². The summed E-state index contributed by atoms with van der Waals surface area (Å²) in [5.41, 5.74) is 15.1. The van der Waals surface area contributed by atoms with Crippen LogP contribution in [0.3, 0.4) is 0 Å². The molecule has 1 aromatic heterocycles. The lowest BCUT2D eigenvalue weighted by atomic mass is 10.0. The topological polar surface area (TPSA) is 76.2 Å². The highest BCUT2D eigenvalue weighted by molar-refractivity contribution is 6.35. The van der Waals surface area contributed by atoms with Crippen molar-refractivity contribution in [2.45, 2.75) is 44.9 Å². The first kappa shape index (κ1) is 22.3. The summed E-state index contributed by atoms with van der Waals surface area (Å²) in [6.07, 6.45) is 7.14. The van der Waals surface area contributed by atoms with Gasteiger partial charge in [-0.15, -0.1) is 0 Å². The van der Waals surface area contributed by atoms with Crippen molar-refractivity contribution in [2.75, 3.05) is 18.8 Å². The van der Waals surface area contributed by atoms with E-state index in [1.54, 1.807) is 16.8 Å². The van der Waals surface area contributed by atoms with Gasteiger partial charge in [0.2, 0.25) is 0 Å². The number of rotatable bonds is 3. The molecule has 3 aromatic rings. The summed E-state index contributed by atoms with van der Waals surface area (Å²) < 4.78 is 1.79. The van der Waals surface area contributed by atoms with Crippen LogP contribution in [0.5, 0.6) is 0 Å². The second-order valence-electron chi connectivity index (χ2n) is 8.80. The molecule has 1 fully saturated rings. The molecule has 0 saturated carbocycles. The summed E-state index contributed by atoms with van der Waals surface area (Å²) >= 11 is 12.7. The molecule has 0 spiro atoms. The predicted octanol–water partition coefficient (Wildman–Crippen LogP) is 5.44. The number of aromatic nitrogens is 2. The van der Waals surface area contributed by atoms with E-state index in [1.165, 1.54) is 18.4 Å². The third-order valence-corrected chi connectivity index (χ3v) is 7.00. The number of carbonyl (C=O) groups is 1. The molecular formula is C25H27Cl2N5O. The maximum Gasteiger partial charge on any atom is 0.286 e. The predicted molar refractivity (Wildman–Crippen MR) is 133 cm³/mol. The summed E-state index contributed by atoms with van der Waals surface area (Å²) in [6, 6.07) is 11.3. The third kappa shape index (κ3) is 4.47. The Bertz CT molecular complexity index is 1200. The van der Waals surface area contributed by atoms with Gasteiger partial charge >= 0.3 is 0 Å². The highest BCUT2D eigenvalue weighted by atomic mass is 35.5. The molecule has 1 amide bonds. The van der Waals surface area contributed by atoms with Gasteiger partial charge in [-0.2, -0.15) is 5.10 Å². The molecule has 5 rings (SSSR count). The second-order valence-corrected chi connectivity index (χ2v) is 9.64. The molecule has 0 unspecified atom stereocenters. The summed E-state index contributed by atoms with van der Waals surface area (Å²) in [7, 11) is 0. The first-order valence-corrected chi connectivity index (χ1v) is 12.3. The van der Waals surface area contributed by atoms with Gasteiger partial charge in [0.05, 0.1) is 16.4 Å². The van der Waals surface area contributed by atoms with Crippen LogP contribution in [0.2, 0.25) is 10.0 Å². The highest BCUT2D eigenvalue weighted by Gasteiger charge is 2.29. The number of hydrogen-bond donors (Lipinski definition) is 2. The number of nitrogens with two attached hydrogens (primary N) is 1. The smallest absolute Gasteiger partial charge is 0.286 e. The monoisotopic (exact) mass is 483 g/mol. The van der Waals surface area contributed by atoms with Crippen LogP contribution in [0.1, 0.15) is 53.7 Å². The van der Waals surface area contributed by atoms with Crippen LogP contribution >= 0.6 is 23.2 Å². The standard InChI is InChI=1S/C25H27Cl2N5O/c26-17-9-11-22(21(27)14-17)32-24-19(7-5-6-16-8-10-18(28)15-20(16)24)23(29-32)25(33)30-31-12-3-1-2-4-13-31/h8-11,14-15H,1-7,12-13,28H2,(H,30,33). The van der Waals surface area contributed by atoms with Crippen molar-refractivity contribution >= 4 is 34.8 Å². The molecular weight excluding hydrogens is 457 g/mol. The average molecular weight is 484 g/mol. The van der Waals surface area contributed by atoms with Gasteiger partial charge in [-0.3, -0.25) is 10.2 Å². The number of benzene rings is 2. The molecule has 8 heteroatoms. The molecule has 2 heterocycles. The first-order chi connectivity index (χ1) is 16.0. The third-order valence-electron chi connectivity index (χ3n) is 6.46. The zero-order chi connectivity index (χ0) is 22.9. The maximum absolute atomic E-state index is 13.5. The molecule has 1 aliphatic carbocycles. The lowest BCUT2D eigenvalue weighted by Crippen LogP contribution is -2.43. The molecule has 1 saturated heterocycles. The zero-order valence-electron chi connectivity index (χ0n) is 18.4. The van der Waals surface area contributed by atoms with Gasteiger partial charge in [0, 0.05) is 34.9 Å². The molecule has 0 bridgehead atoms. The Balaban J connectivity index is 1.65. The number of amides is 1. The Kier molecular flexibility index (Phi) is 6.32. The van der Waals surface area contributed by atoms with Crippen LogP contribution < -0.4 is 11.2 Å². The largest absolute Gasteiger partial charge is 0.399 e. The van der Waals surface area contributed by atoms with Gasteiger partial charge in [-0.25, -0.2) is 9.69 Å². The van der Waals surface area contributed by atoms with Gasteiger partial charge in [-0.05, 0) is 68.0 Å². The fourth-order valence-electron chi connectivity index (χ4n) is 4.84. The molecule has 172 valence electrons. The average Bonchev–Trinajstić information content (AvgIpc) is 2.92. The Morgan fingerprint density at radius 1 is 0.970 bits per heavy atom. The van der Waals surface area contributed by atoms with Crippen molar-refractivity contribution in [1.29, 1.82) is 0 Å². The number of fused-ring (bicyclic) bond motifs is 3. The van der Waals surface area contributed by atoms with Crippen LogP contribution in [0.15, 0.2) is 36.4 Å². The normalized spacial score (nSPS) is 16.4. The van der Waals surface area contributed by atoms with Crippen LogP contribution in [-0.4, -0.2) is 33.8 Å². The summed E-state index contributed by atoms with van der Waals surface area (Å²) in [5.74, 6) is -0.177. The van der Waals surface area contributed by atoms with E-state index in [4.69, 9.17) is 34.0 Å². The molecule has 1 aliphatic heterocycles.